The van der Waals surface area contributed by atoms with Crippen LogP contribution in [-0.4, -0.2) is 124 Å². The standard InChI is InChI=1S/C21H29BN2O6S.C15H17BrN2O4S.C12H24B2O4/c1-20(2)21(3,4)30-22(29-20)14-10-13-16(11-15(14)24(6)31(7,26)27)28-18(12-8-9-12)17(13)19(25)23-5;1-17-15(19)13-9-6-10(16)11(18(2)23(3,20)21)7-12(9)22-14(13)8-4-5-8;1-9(2)10(3,4)16-13(15-9)14-17-11(5,6)12(7,8)18-14/h10-12H,8-9H2,1-7H3,(H,23,25);6-8H,4-5H2,1-3H3,(H,17,19);1-8H3. The quantitative estimate of drug-likeness (QED) is 0.148. The molecule has 72 heavy (non-hydrogen) atoms. The van der Waals surface area contributed by atoms with Crippen molar-refractivity contribution in [1.82, 2.24) is 10.6 Å². The molecule has 5 aliphatic rings. The van der Waals surface area contributed by atoms with Crippen molar-refractivity contribution in [2.75, 3.05) is 49.3 Å². The normalized spacial score (nSPS) is 21.5. The number of nitrogens with zero attached hydrogens (tertiary/aromatic N) is 2. The fourth-order valence-corrected chi connectivity index (χ4v) is 10.1. The fraction of sp³-hybridized carbons (Fsp3) is 0.625. The van der Waals surface area contributed by atoms with E-state index in [1.54, 1.807) is 38.4 Å². The monoisotopic (exact) mass is 1100 g/mol. The van der Waals surface area contributed by atoms with Gasteiger partial charge in [0.05, 0.1) is 68.6 Å². The highest BCUT2D eigenvalue weighted by Crippen LogP contribution is 2.48. The SMILES string of the molecule is CC1(C)OB(B2OC(C)(C)C(C)(C)O2)OC1(C)C.CNC(=O)c1c(C2CC2)oc2cc(N(C)S(C)(=O)=O)c(B3OC(C)(C)C(C)(C)O3)cc12.CNC(=O)c1c(C2CC2)oc2cc(N(C)S(C)(=O)=O)c(Br)cc12. The van der Waals surface area contributed by atoms with Gasteiger partial charge >= 0.3 is 21.1 Å². The maximum absolute atomic E-state index is 12.7. The minimum atomic E-state index is -3.56. The van der Waals surface area contributed by atoms with Crippen molar-refractivity contribution >= 4 is 108 Å². The van der Waals surface area contributed by atoms with Crippen molar-refractivity contribution in [1.29, 1.82) is 0 Å². The summed E-state index contributed by atoms with van der Waals surface area (Å²) in [6.07, 6.45) is 6.20. The lowest BCUT2D eigenvalue weighted by Crippen LogP contribution is -2.41. The number of halogens is 1. The smallest absolute Gasteiger partial charge is 0.460 e. The second-order valence-electron chi connectivity index (χ2n) is 22.4. The summed E-state index contributed by atoms with van der Waals surface area (Å²) in [4.78, 5) is 25.0. The molecule has 0 atom stereocenters. The van der Waals surface area contributed by atoms with Gasteiger partial charge in [-0.1, -0.05) is 0 Å². The van der Waals surface area contributed by atoms with Gasteiger partial charge in [-0.2, -0.15) is 0 Å². The van der Waals surface area contributed by atoms with Crippen LogP contribution in [-0.2, 0) is 48.0 Å². The summed E-state index contributed by atoms with van der Waals surface area (Å²) in [6, 6.07) is 6.83. The van der Waals surface area contributed by atoms with E-state index in [4.69, 9.17) is 36.8 Å². The van der Waals surface area contributed by atoms with Gasteiger partial charge in [-0.25, -0.2) is 16.8 Å². The van der Waals surface area contributed by atoms with E-state index in [1.807, 2.05) is 83.1 Å². The van der Waals surface area contributed by atoms with Crippen molar-refractivity contribution in [3.63, 3.8) is 0 Å². The van der Waals surface area contributed by atoms with Crippen LogP contribution < -0.4 is 24.7 Å². The van der Waals surface area contributed by atoms with E-state index >= 15 is 0 Å². The number of amides is 2. The average molecular weight is 1100 g/mol. The number of sulfonamides is 2. The summed E-state index contributed by atoms with van der Waals surface area (Å²) in [5.74, 6) is 1.38. The minimum Gasteiger partial charge on any atom is -0.460 e. The van der Waals surface area contributed by atoms with E-state index in [-0.39, 0.29) is 46.1 Å². The molecule has 2 aromatic carbocycles. The number of anilines is 2. The first-order valence-corrected chi connectivity index (χ1v) is 28.6. The van der Waals surface area contributed by atoms with Gasteiger partial charge in [-0.05, 0) is 137 Å². The summed E-state index contributed by atoms with van der Waals surface area (Å²) in [7, 11) is -2.58. The summed E-state index contributed by atoms with van der Waals surface area (Å²) in [6.45, 7) is 23.9. The lowest BCUT2D eigenvalue weighted by atomic mass is 9.49. The molecule has 0 unspecified atom stereocenters. The zero-order chi connectivity index (χ0) is 53.9. The second kappa shape index (κ2) is 18.9. The molecule has 0 spiro atoms. The predicted molar refractivity (Wildman–Crippen MR) is 285 cm³/mol. The third-order valence-corrected chi connectivity index (χ3v) is 18.4. The van der Waals surface area contributed by atoms with Gasteiger partial charge in [-0.15, -0.1) is 0 Å². The highest BCUT2D eigenvalue weighted by molar-refractivity contribution is 9.10. The van der Waals surface area contributed by atoms with Gasteiger partial charge in [0.2, 0.25) is 20.0 Å². The Morgan fingerprint density at radius 2 is 0.875 bits per heavy atom. The van der Waals surface area contributed by atoms with E-state index in [1.165, 1.54) is 22.7 Å². The van der Waals surface area contributed by atoms with Crippen molar-refractivity contribution in [2.24, 2.45) is 0 Å². The summed E-state index contributed by atoms with van der Waals surface area (Å²) in [5.41, 5.74) is 0.765. The van der Waals surface area contributed by atoms with Crippen LogP contribution in [0.3, 0.4) is 0 Å². The van der Waals surface area contributed by atoms with Crippen LogP contribution in [0.1, 0.15) is 153 Å². The molecule has 4 aromatic rings. The molecule has 9 rings (SSSR count). The van der Waals surface area contributed by atoms with Crippen LogP contribution >= 0.6 is 15.9 Å². The number of rotatable bonds is 10. The van der Waals surface area contributed by atoms with Crippen molar-refractivity contribution in [3.8, 4) is 0 Å². The number of furan rings is 2. The van der Waals surface area contributed by atoms with Crippen LogP contribution in [0.4, 0.5) is 11.4 Å². The number of carbonyl (C=O) groups excluding carboxylic acids is 2. The van der Waals surface area contributed by atoms with Crippen LogP contribution in [0.15, 0.2) is 37.6 Å². The maximum atomic E-state index is 12.7. The average Bonchev–Trinajstić information content (AvgIpc) is 4.17. The summed E-state index contributed by atoms with van der Waals surface area (Å²) < 4.78 is 99.5. The first kappa shape index (κ1) is 56.1. The van der Waals surface area contributed by atoms with Crippen LogP contribution in [0.5, 0.6) is 0 Å². The van der Waals surface area contributed by atoms with Crippen molar-refractivity contribution in [3.05, 3.63) is 51.4 Å². The Hall–Kier alpha value is -3.61. The Balaban J connectivity index is 0.000000165. The molecule has 5 fully saturated rings. The zero-order valence-corrected chi connectivity index (χ0v) is 48.0. The maximum Gasteiger partial charge on any atom is 0.497 e. The summed E-state index contributed by atoms with van der Waals surface area (Å²) >= 11 is 3.40. The van der Waals surface area contributed by atoms with Gasteiger partial charge in [0.25, 0.3) is 11.8 Å². The van der Waals surface area contributed by atoms with E-state index in [0.29, 0.717) is 65.9 Å². The third kappa shape index (κ3) is 10.6. The third-order valence-electron chi connectivity index (χ3n) is 15.4. The molecule has 5 heterocycles. The van der Waals surface area contributed by atoms with Crippen LogP contribution in [0.25, 0.3) is 21.9 Å². The first-order chi connectivity index (χ1) is 32.9. The molecule has 3 saturated heterocycles. The lowest BCUT2D eigenvalue weighted by molar-refractivity contribution is 0.00578. The minimum absolute atomic E-state index is 0.193. The number of benzene rings is 2. The van der Waals surface area contributed by atoms with Crippen molar-refractivity contribution < 1.29 is 63.2 Å². The van der Waals surface area contributed by atoms with E-state index in [9.17, 15) is 26.4 Å². The Morgan fingerprint density at radius 3 is 1.21 bits per heavy atom. The Labute approximate surface area is 434 Å². The number of hydrogen-bond donors (Lipinski definition) is 2. The fourth-order valence-electron chi connectivity index (χ4n) is 8.31. The molecule has 2 aromatic heterocycles. The van der Waals surface area contributed by atoms with E-state index in [0.717, 1.165) is 38.2 Å². The Kier molecular flexibility index (Phi) is 14.7. The molecular weight excluding hydrogens is 1030 g/mol. The van der Waals surface area contributed by atoms with Crippen LogP contribution in [0, 0.1) is 0 Å². The largest absolute Gasteiger partial charge is 0.497 e. The molecule has 2 aliphatic carbocycles. The molecule has 24 heteroatoms. The molecule has 18 nitrogen and oxygen atoms in total. The number of carbonyl (C=O) groups is 2. The Morgan fingerprint density at radius 1 is 0.556 bits per heavy atom. The van der Waals surface area contributed by atoms with Gasteiger partial charge in [0.15, 0.2) is 0 Å². The number of fused-ring (bicyclic) bond motifs is 2. The molecule has 2 saturated carbocycles. The molecule has 0 bridgehead atoms. The molecule has 3 aliphatic heterocycles. The number of hydrogen-bond acceptors (Lipinski definition) is 14. The van der Waals surface area contributed by atoms with Gasteiger partial charge in [0, 0.05) is 72.9 Å². The van der Waals surface area contributed by atoms with E-state index < -0.39 is 52.4 Å². The summed E-state index contributed by atoms with van der Waals surface area (Å²) in [5, 5.41) is 6.64. The number of nitrogens with one attached hydrogen (secondary N) is 2. The van der Waals surface area contributed by atoms with Gasteiger partial charge < -0.3 is 47.4 Å². The highest BCUT2D eigenvalue weighted by atomic mass is 79.9. The molecule has 2 N–H and O–H groups in total. The lowest BCUT2D eigenvalue weighted by Gasteiger charge is -2.32. The predicted octanol–water partition coefficient (Wildman–Crippen LogP) is 7.44. The first-order valence-electron chi connectivity index (χ1n) is 24.1. The van der Waals surface area contributed by atoms with Gasteiger partial charge in [-0.3, -0.25) is 18.2 Å². The van der Waals surface area contributed by atoms with Crippen LogP contribution in [0.2, 0.25) is 0 Å². The highest BCUT2D eigenvalue weighted by Gasteiger charge is 2.64. The molecular formula is C48H70B3BrN4O14S2. The zero-order valence-electron chi connectivity index (χ0n) is 44.8. The van der Waals surface area contributed by atoms with Gasteiger partial charge in [0.1, 0.15) is 22.7 Å². The second-order valence-corrected chi connectivity index (χ2v) is 27.3. The Bertz CT molecular complexity index is 2940. The molecule has 2 amide bonds. The molecule has 0 radical (unpaired) electrons. The molecule has 394 valence electrons. The van der Waals surface area contributed by atoms with Crippen molar-refractivity contribution in [2.45, 2.75) is 154 Å². The van der Waals surface area contributed by atoms with E-state index in [2.05, 4.69) is 26.6 Å². The topological polar surface area (TPSA) is 215 Å².